The molecule has 1 aliphatic heterocycles. The van der Waals surface area contributed by atoms with Crippen LogP contribution in [0, 0.1) is 6.92 Å². The number of fused-ring (bicyclic) bond motifs is 2. The van der Waals surface area contributed by atoms with Gasteiger partial charge in [-0.05, 0) is 72.9 Å². The number of aromatic carboxylic acids is 1. The zero-order chi connectivity index (χ0) is 29.1. The molecule has 212 valence electrons. The van der Waals surface area contributed by atoms with Crippen molar-refractivity contribution in [2.75, 3.05) is 32.1 Å². The molecule has 0 saturated heterocycles. The molecule has 0 aliphatic carbocycles. The number of anilines is 1. The average molecular weight is 594 g/mol. The topological polar surface area (TPSA) is 104 Å². The molecular weight excluding hydrogens is 563 g/mol. The zero-order valence-corrected chi connectivity index (χ0v) is 24.2. The number of aromatic nitrogens is 1. The molecule has 1 aromatic heterocycles. The number of carboxylic acid groups (broad SMARTS) is 1. The van der Waals surface area contributed by atoms with Gasteiger partial charge in [-0.15, -0.1) is 0 Å². The minimum absolute atomic E-state index is 0.115. The van der Waals surface area contributed by atoms with E-state index in [1.165, 1.54) is 7.11 Å². The number of nitrogens with one attached hydrogen (secondary N) is 2. The van der Waals surface area contributed by atoms with Crippen molar-refractivity contribution in [1.82, 2.24) is 15.2 Å². The summed E-state index contributed by atoms with van der Waals surface area (Å²) >= 11 is 12.5. The van der Waals surface area contributed by atoms with Gasteiger partial charge in [0, 0.05) is 36.8 Å². The van der Waals surface area contributed by atoms with Crippen molar-refractivity contribution in [1.29, 1.82) is 0 Å². The van der Waals surface area contributed by atoms with E-state index >= 15 is 0 Å². The standard InChI is InChI=1S/C31H30Cl2N4O4/c1-18-13-27(21-5-3-4-6-26(21)35-18)36-31(40)34-10-12-37-11-9-20-16-29(41-2)23(30(38)39)17-22(20)28(37)15-19-7-8-24(32)25(33)14-19/h3-8,13-14,16-17,28H,9-12,15H2,1-2H3,(H,38,39)(H2,34,35,36,40). The molecule has 1 aliphatic rings. The number of hydrogen-bond acceptors (Lipinski definition) is 5. The molecule has 4 aromatic rings. The fourth-order valence-corrected chi connectivity index (χ4v) is 5.73. The van der Waals surface area contributed by atoms with Gasteiger partial charge in [0.25, 0.3) is 0 Å². The molecule has 0 fully saturated rings. The molecule has 41 heavy (non-hydrogen) atoms. The Bertz CT molecular complexity index is 1630. The quantitative estimate of drug-likeness (QED) is 0.215. The molecule has 1 unspecified atom stereocenters. The number of pyridine rings is 1. The molecule has 3 aromatic carbocycles. The Hall–Kier alpha value is -3.85. The number of aryl methyl sites for hydroxylation is 1. The summed E-state index contributed by atoms with van der Waals surface area (Å²) in [5.74, 6) is -0.706. The molecule has 2 amide bonds. The second-order valence-electron chi connectivity index (χ2n) is 10.0. The van der Waals surface area contributed by atoms with E-state index in [1.54, 1.807) is 12.1 Å². The SMILES string of the molecule is COc1cc2c(cc1C(=O)O)C(Cc1ccc(Cl)c(Cl)c1)N(CCNC(=O)Nc1cc(C)nc3ccccc13)CC2. The van der Waals surface area contributed by atoms with Crippen LogP contribution in [0.2, 0.25) is 10.0 Å². The van der Waals surface area contributed by atoms with Crippen molar-refractivity contribution in [3.8, 4) is 5.75 Å². The minimum atomic E-state index is -1.05. The normalized spacial score (nSPS) is 14.9. The first-order valence-electron chi connectivity index (χ1n) is 13.3. The monoisotopic (exact) mass is 592 g/mol. The van der Waals surface area contributed by atoms with Crippen LogP contribution in [0.4, 0.5) is 10.5 Å². The Balaban J connectivity index is 1.35. The molecule has 3 N–H and O–H groups in total. The number of hydrogen-bond donors (Lipinski definition) is 3. The molecule has 0 bridgehead atoms. The number of carbonyl (C=O) groups excluding carboxylic acids is 1. The largest absolute Gasteiger partial charge is 0.496 e. The van der Waals surface area contributed by atoms with Crippen molar-refractivity contribution in [3.63, 3.8) is 0 Å². The van der Waals surface area contributed by atoms with Crippen molar-refractivity contribution >= 4 is 51.8 Å². The first-order chi connectivity index (χ1) is 19.7. The van der Waals surface area contributed by atoms with Gasteiger partial charge in [0.15, 0.2) is 0 Å². The van der Waals surface area contributed by atoms with E-state index in [1.807, 2.05) is 55.5 Å². The first-order valence-corrected chi connectivity index (χ1v) is 14.0. The predicted molar refractivity (Wildman–Crippen MR) is 162 cm³/mol. The second-order valence-corrected chi connectivity index (χ2v) is 10.8. The molecule has 5 rings (SSSR count). The summed E-state index contributed by atoms with van der Waals surface area (Å²) < 4.78 is 5.37. The third-order valence-electron chi connectivity index (χ3n) is 7.35. The highest BCUT2D eigenvalue weighted by molar-refractivity contribution is 6.42. The van der Waals surface area contributed by atoms with Gasteiger partial charge in [-0.1, -0.05) is 47.5 Å². The number of urea groups is 1. The van der Waals surface area contributed by atoms with Crippen LogP contribution >= 0.6 is 23.2 Å². The Kier molecular flexibility index (Phi) is 8.63. The highest BCUT2D eigenvalue weighted by atomic mass is 35.5. The van der Waals surface area contributed by atoms with Crippen molar-refractivity contribution in [2.24, 2.45) is 0 Å². The number of halogens is 2. The Morgan fingerprint density at radius 3 is 2.66 bits per heavy atom. The smallest absolute Gasteiger partial charge is 0.339 e. The Morgan fingerprint density at radius 1 is 1.10 bits per heavy atom. The highest BCUT2D eigenvalue weighted by Gasteiger charge is 2.30. The van der Waals surface area contributed by atoms with E-state index in [0.29, 0.717) is 41.0 Å². The fourth-order valence-electron chi connectivity index (χ4n) is 5.41. The van der Waals surface area contributed by atoms with Gasteiger partial charge in [-0.2, -0.15) is 0 Å². The number of ether oxygens (including phenoxy) is 1. The molecule has 2 heterocycles. The van der Waals surface area contributed by atoms with Crippen LogP contribution in [0.25, 0.3) is 10.9 Å². The number of nitrogens with zero attached hydrogens (tertiary/aromatic N) is 2. The molecule has 1 atom stereocenters. The van der Waals surface area contributed by atoms with Crippen LogP contribution in [0.1, 0.15) is 38.8 Å². The van der Waals surface area contributed by atoms with E-state index in [9.17, 15) is 14.7 Å². The lowest BCUT2D eigenvalue weighted by atomic mass is 9.87. The van der Waals surface area contributed by atoms with Gasteiger partial charge in [0.1, 0.15) is 11.3 Å². The van der Waals surface area contributed by atoms with Gasteiger partial charge in [-0.3, -0.25) is 9.88 Å². The molecule has 0 saturated carbocycles. The lowest BCUT2D eigenvalue weighted by Crippen LogP contribution is -2.42. The van der Waals surface area contributed by atoms with Crippen LogP contribution in [0.3, 0.4) is 0 Å². The first kappa shape index (κ1) is 28.7. The van der Waals surface area contributed by atoms with E-state index in [4.69, 9.17) is 27.9 Å². The fraction of sp³-hybridized carbons (Fsp3) is 0.258. The predicted octanol–water partition coefficient (Wildman–Crippen LogP) is 6.52. The highest BCUT2D eigenvalue weighted by Crippen LogP contribution is 2.37. The van der Waals surface area contributed by atoms with Crippen molar-refractivity contribution in [2.45, 2.75) is 25.8 Å². The Labute approximate surface area is 248 Å². The molecular formula is C31H30Cl2N4O4. The number of benzene rings is 3. The van der Waals surface area contributed by atoms with Crippen LogP contribution in [0.15, 0.2) is 60.7 Å². The second kappa shape index (κ2) is 12.3. The number of methoxy groups -OCH3 is 1. The summed E-state index contributed by atoms with van der Waals surface area (Å²) in [5, 5.41) is 17.6. The number of para-hydroxylation sites is 1. The van der Waals surface area contributed by atoms with Crippen molar-refractivity contribution < 1.29 is 19.4 Å². The molecule has 10 heteroatoms. The van der Waals surface area contributed by atoms with Crippen LogP contribution in [0.5, 0.6) is 5.75 Å². The van der Waals surface area contributed by atoms with Gasteiger partial charge < -0.3 is 20.5 Å². The van der Waals surface area contributed by atoms with Gasteiger partial charge >= 0.3 is 12.0 Å². The third-order valence-corrected chi connectivity index (χ3v) is 8.09. The molecule has 0 radical (unpaired) electrons. The maximum Gasteiger partial charge on any atom is 0.339 e. The summed E-state index contributed by atoms with van der Waals surface area (Å²) in [6.07, 6.45) is 1.31. The maximum atomic E-state index is 12.9. The zero-order valence-electron chi connectivity index (χ0n) is 22.7. The van der Waals surface area contributed by atoms with E-state index < -0.39 is 5.97 Å². The van der Waals surface area contributed by atoms with E-state index in [-0.39, 0.29) is 17.6 Å². The van der Waals surface area contributed by atoms with E-state index in [2.05, 4.69) is 20.5 Å². The van der Waals surface area contributed by atoms with Crippen molar-refractivity contribution in [3.05, 3.63) is 98.7 Å². The number of carboxylic acids is 1. The van der Waals surface area contributed by atoms with Gasteiger partial charge in [0.05, 0.1) is 28.4 Å². The van der Waals surface area contributed by atoms with E-state index in [0.717, 1.165) is 46.3 Å². The lowest BCUT2D eigenvalue weighted by Gasteiger charge is -2.38. The Morgan fingerprint density at radius 2 is 1.90 bits per heavy atom. The van der Waals surface area contributed by atoms with Crippen LogP contribution < -0.4 is 15.4 Å². The average Bonchev–Trinajstić information content (AvgIpc) is 2.95. The van der Waals surface area contributed by atoms with Gasteiger partial charge in [-0.25, -0.2) is 9.59 Å². The number of amides is 2. The summed E-state index contributed by atoms with van der Waals surface area (Å²) in [4.78, 5) is 31.7. The summed E-state index contributed by atoms with van der Waals surface area (Å²) in [6.45, 7) is 3.57. The third kappa shape index (κ3) is 6.40. The minimum Gasteiger partial charge on any atom is -0.496 e. The lowest BCUT2D eigenvalue weighted by molar-refractivity contribution is 0.0692. The van der Waals surface area contributed by atoms with Crippen LogP contribution in [-0.2, 0) is 12.8 Å². The molecule has 0 spiro atoms. The molecule has 8 nitrogen and oxygen atoms in total. The van der Waals surface area contributed by atoms with Crippen LogP contribution in [-0.4, -0.2) is 53.7 Å². The maximum absolute atomic E-state index is 12.9. The summed E-state index contributed by atoms with van der Waals surface area (Å²) in [6, 6.07) is 18.1. The number of carbonyl (C=O) groups is 2. The summed E-state index contributed by atoms with van der Waals surface area (Å²) in [5.41, 5.74) is 5.38. The van der Waals surface area contributed by atoms with Gasteiger partial charge in [0.2, 0.25) is 0 Å². The summed E-state index contributed by atoms with van der Waals surface area (Å²) in [7, 11) is 1.48. The number of rotatable bonds is 8.